The van der Waals surface area contributed by atoms with E-state index in [0.717, 1.165) is 0 Å². The molecule has 0 aromatic rings. The molecule has 0 aromatic carbocycles. The van der Waals surface area contributed by atoms with Gasteiger partial charge in [-0.1, -0.05) is 0 Å². The summed E-state index contributed by atoms with van der Waals surface area (Å²) in [5.74, 6) is 8.64. The fourth-order valence-electron chi connectivity index (χ4n) is 0. The summed E-state index contributed by atoms with van der Waals surface area (Å²) >= 11 is 0. The third-order valence-electron chi connectivity index (χ3n) is 0.247. The van der Waals surface area contributed by atoms with E-state index < -0.39 is 12.2 Å². The van der Waals surface area contributed by atoms with Crippen LogP contribution >= 0.6 is 0 Å². The van der Waals surface area contributed by atoms with Crippen molar-refractivity contribution in [2.75, 3.05) is 0 Å². The second-order valence-electron chi connectivity index (χ2n) is 0.899. The minimum atomic E-state index is -1.22. The molecule has 67 valence electrons. The summed E-state index contributed by atoms with van der Waals surface area (Å²) < 4.78 is 0. The van der Waals surface area contributed by atoms with Crippen LogP contribution in [0.2, 0.25) is 0 Å². The van der Waals surface area contributed by atoms with Gasteiger partial charge in [0.2, 0.25) is 0 Å². The van der Waals surface area contributed by atoms with E-state index in [4.69, 9.17) is 19.8 Å². The first kappa shape index (κ1) is 16.5. The Morgan fingerprint density at radius 3 is 1.09 bits per heavy atom. The molecule has 0 aliphatic heterocycles. The van der Waals surface area contributed by atoms with Crippen LogP contribution < -0.4 is 22.5 Å². The average molecular weight is 207 g/mol. The topological polar surface area (TPSA) is 151 Å². The molecule has 0 spiro atoms. The molecule has 9 heteroatoms. The van der Waals surface area contributed by atoms with Gasteiger partial charge in [-0.3, -0.25) is 10.9 Å². The van der Waals surface area contributed by atoms with Gasteiger partial charge in [0.05, 0.1) is 0 Å². The Bertz CT molecular complexity index is 105. The van der Waals surface area contributed by atoms with Crippen LogP contribution in [0, 0.1) is 0 Å². The molecule has 0 aromatic heterocycles. The van der Waals surface area contributed by atoms with E-state index in [2.05, 4.69) is 11.7 Å². The third-order valence-corrected chi connectivity index (χ3v) is 0.247. The first-order valence-electron chi connectivity index (χ1n) is 1.93. The summed E-state index contributed by atoms with van der Waals surface area (Å²) in [7, 11) is 0. The van der Waals surface area contributed by atoms with Crippen molar-refractivity contribution in [1.82, 2.24) is 10.9 Å². The summed E-state index contributed by atoms with van der Waals surface area (Å²) in [5.41, 5.74) is 2.89. The second-order valence-corrected chi connectivity index (χ2v) is 0.899. The Morgan fingerprint density at radius 1 is 1.00 bits per heavy atom. The van der Waals surface area contributed by atoms with Crippen LogP contribution in [0.25, 0.3) is 0 Å². The SMILES string of the molecule is NNC(=O)O.NNC(=O)O.[Mn]. The molecule has 0 rings (SSSR count). The molecule has 0 saturated heterocycles. The molecule has 0 atom stereocenters. The van der Waals surface area contributed by atoms with Crippen LogP contribution in [0.4, 0.5) is 9.59 Å². The summed E-state index contributed by atoms with van der Waals surface area (Å²) in [6, 6.07) is 0. The molecule has 8 nitrogen and oxygen atoms in total. The van der Waals surface area contributed by atoms with Crippen molar-refractivity contribution in [3.05, 3.63) is 0 Å². The van der Waals surface area contributed by atoms with Gasteiger partial charge in [-0.05, 0) is 0 Å². The zero-order valence-corrected chi connectivity index (χ0v) is 6.42. The van der Waals surface area contributed by atoms with Gasteiger partial charge in [-0.25, -0.2) is 21.3 Å². The molecule has 0 aliphatic carbocycles. The zero-order valence-electron chi connectivity index (χ0n) is 5.24. The van der Waals surface area contributed by atoms with Crippen molar-refractivity contribution in [2.24, 2.45) is 11.7 Å². The molecule has 0 fully saturated rings. The third kappa shape index (κ3) is 49.3. The van der Waals surface area contributed by atoms with Crippen LogP contribution in [0.5, 0.6) is 0 Å². The number of amides is 2. The molecule has 0 unspecified atom stereocenters. The number of hydrogen-bond donors (Lipinski definition) is 6. The summed E-state index contributed by atoms with van der Waals surface area (Å²) in [6.07, 6.45) is -2.44. The van der Waals surface area contributed by atoms with E-state index in [9.17, 15) is 0 Å². The zero-order chi connectivity index (χ0) is 8.57. The molecule has 0 bridgehead atoms. The molecule has 2 amide bonds. The first-order valence-corrected chi connectivity index (χ1v) is 1.93. The molecule has 8 N–H and O–H groups in total. The van der Waals surface area contributed by atoms with Gasteiger partial charge in [0.1, 0.15) is 0 Å². The van der Waals surface area contributed by atoms with Crippen LogP contribution in [0.1, 0.15) is 0 Å². The van der Waals surface area contributed by atoms with Crippen LogP contribution in [0.15, 0.2) is 0 Å². The summed E-state index contributed by atoms with van der Waals surface area (Å²) in [4.78, 5) is 18.3. The quantitative estimate of drug-likeness (QED) is 0.120. The summed E-state index contributed by atoms with van der Waals surface area (Å²) in [5, 5.41) is 15.0. The van der Waals surface area contributed by atoms with E-state index >= 15 is 0 Å². The molecule has 1 radical (unpaired) electrons. The van der Waals surface area contributed by atoms with E-state index in [0.29, 0.717) is 0 Å². The normalized spacial score (nSPS) is 6.00. The summed E-state index contributed by atoms with van der Waals surface area (Å²) in [6.45, 7) is 0. The first-order chi connectivity index (χ1) is 4.54. The van der Waals surface area contributed by atoms with Gasteiger partial charge in [0, 0.05) is 17.1 Å². The number of rotatable bonds is 0. The molecular formula is C2H8MnN4O4. The number of carbonyl (C=O) groups is 2. The van der Waals surface area contributed by atoms with E-state index in [1.54, 1.807) is 0 Å². The number of hydrazine groups is 2. The van der Waals surface area contributed by atoms with Gasteiger partial charge in [-0.2, -0.15) is 0 Å². The maximum Gasteiger partial charge on any atom is 0.418 e. The van der Waals surface area contributed by atoms with Crippen LogP contribution in [-0.4, -0.2) is 22.4 Å². The Labute approximate surface area is 72.3 Å². The van der Waals surface area contributed by atoms with E-state index in [1.165, 1.54) is 10.9 Å². The van der Waals surface area contributed by atoms with Gasteiger partial charge in [-0.15, -0.1) is 0 Å². The predicted molar refractivity (Wildman–Crippen MR) is 30.7 cm³/mol. The van der Waals surface area contributed by atoms with Gasteiger partial charge < -0.3 is 10.2 Å². The number of nitrogens with one attached hydrogen (secondary N) is 2. The van der Waals surface area contributed by atoms with Gasteiger partial charge in [0.25, 0.3) is 0 Å². The number of nitrogens with two attached hydrogens (primary N) is 2. The Morgan fingerprint density at radius 2 is 1.09 bits per heavy atom. The molecular weight excluding hydrogens is 199 g/mol. The number of carboxylic acid groups (broad SMARTS) is 2. The minimum Gasteiger partial charge on any atom is -0.464 e. The minimum absolute atomic E-state index is 0. The maximum absolute atomic E-state index is 9.13. The van der Waals surface area contributed by atoms with Crippen molar-refractivity contribution < 1.29 is 36.9 Å². The predicted octanol–water partition coefficient (Wildman–Crippen LogP) is -1.75. The van der Waals surface area contributed by atoms with Crippen LogP contribution in [0.3, 0.4) is 0 Å². The average Bonchev–Trinajstić information content (AvgIpc) is 1.89. The molecule has 11 heavy (non-hydrogen) atoms. The molecule has 0 aliphatic rings. The molecule has 0 saturated carbocycles. The van der Waals surface area contributed by atoms with Gasteiger partial charge in [0.15, 0.2) is 0 Å². The van der Waals surface area contributed by atoms with Gasteiger partial charge >= 0.3 is 12.2 Å². The smallest absolute Gasteiger partial charge is 0.418 e. The van der Waals surface area contributed by atoms with E-state index in [-0.39, 0.29) is 17.1 Å². The second kappa shape index (κ2) is 11.7. The Kier molecular flexibility index (Phi) is 17.6. The maximum atomic E-state index is 9.13. The largest absolute Gasteiger partial charge is 0.464 e. The van der Waals surface area contributed by atoms with Crippen molar-refractivity contribution in [2.45, 2.75) is 0 Å². The van der Waals surface area contributed by atoms with Crippen molar-refractivity contribution in [1.29, 1.82) is 0 Å². The molecule has 0 heterocycles. The monoisotopic (exact) mass is 207 g/mol. The standard InChI is InChI=1S/2CH4N2O2.Mn/c2*2-3-1(4)5;/h2*3H,2H2,(H,4,5);. The Balaban J connectivity index is -0.000000107. The fourth-order valence-corrected chi connectivity index (χ4v) is 0. The van der Waals surface area contributed by atoms with Crippen molar-refractivity contribution in [3.63, 3.8) is 0 Å². The van der Waals surface area contributed by atoms with Crippen molar-refractivity contribution in [3.8, 4) is 0 Å². The number of hydrogen-bond acceptors (Lipinski definition) is 4. The van der Waals surface area contributed by atoms with Crippen LogP contribution in [-0.2, 0) is 17.1 Å². The Hall–Kier alpha value is -1.02. The van der Waals surface area contributed by atoms with Crippen molar-refractivity contribution >= 4 is 12.2 Å². The van der Waals surface area contributed by atoms with E-state index in [1.807, 2.05) is 0 Å². The fraction of sp³-hybridized carbons (Fsp3) is 0.